The summed E-state index contributed by atoms with van der Waals surface area (Å²) in [5.41, 5.74) is 3.52. The molecule has 2 aromatic rings. The second kappa shape index (κ2) is 9.09. The molecule has 35 heavy (non-hydrogen) atoms. The minimum Gasteiger partial charge on any atom is -0.368 e. The van der Waals surface area contributed by atoms with E-state index in [1.807, 2.05) is 0 Å². The summed E-state index contributed by atoms with van der Waals surface area (Å²) < 4.78 is 99.4. The van der Waals surface area contributed by atoms with E-state index in [9.17, 15) is 35.5 Å². The molecular weight excluding hydrogens is 481 g/mol. The van der Waals surface area contributed by atoms with Crippen LogP contribution in [0.5, 0.6) is 0 Å². The average molecular weight is 504 g/mol. The summed E-state index contributed by atoms with van der Waals surface area (Å²) in [4.78, 5) is 14.2. The van der Waals surface area contributed by atoms with Crippen molar-refractivity contribution in [3.05, 3.63) is 70.5 Å². The maximum absolute atomic E-state index is 13.5. The van der Waals surface area contributed by atoms with E-state index in [-0.39, 0.29) is 36.5 Å². The Bertz CT molecular complexity index is 1050. The van der Waals surface area contributed by atoms with Gasteiger partial charge in [0.2, 0.25) is 5.91 Å². The van der Waals surface area contributed by atoms with Gasteiger partial charge in [0.05, 0.1) is 23.3 Å². The molecule has 0 aliphatic carbocycles. The first-order valence-corrected chi connectivity index (χ1v) is 11.0. The smallest absolute Gasteiger partial charge is 0.368 e. The van der Waals surface area contributed by atoms with Crippen LogP contribution in [0.4, 0.5) is 30.7 Å². The minimum atomic E-state index is -4.98. The lowest BCUT2D eigenvalue weighted by Crippen LogP contribution is -2.48. The molecule has 2 aromatic carbocycles. The number of nitrogens with zero attached hydrogens (tertiary/aromatic N) is 1. The molecule has 4 nitrogen and oxygen atoms in total. The van der Waals surface area contributed by atoms with Gasteiger partial charge in [-0.25, -0.2) is 4.39 Å². The molecule has 190 valence electrons. The zero-order chi connectivity index (χ0) is 25.7. The molecule has 2 aliphatic heterocycles. The highest BCUT2D eigenvalue weighted by atomic mass is 19.4. The monoisotopic (exact) mass is 504 g/mol. The van der Waals surface area contributed by atoms with E-state index in [4.69, 9.17) is 10.5 Å². The first-order chi connectivity index (χ1) is 16.2. The molecule has 0 spiro atoms. The maximum atomic E-state index is 13.5. The summed E-state index contributed by atoms with van der Waals surface area (Å²) in [6.07, 6.45) is -11.3. The van der Waals surface area contributed by atoms with Crippen molar-refractivity contribution in [2.45, 2.75) is 62.3 Å². The van der Waals surface area contributed by atoms with Crippen molar-refractivity contribution in [2.75, 3.05) is 6.54 Å². The Morgan fingerprint density at radius 1 is 1.00 bits per heavy atom. The summed E-state index contributed by atoms with van der Waals surface area (Å²) >= 11 is 0. The normalized spacial score (nSPS) is 26.1. The topological polar surface area (TPSA) is 55.6 Å². The number of hydrogen-bond donors (Lipinski definition) is 1. The summed E-state index contributed by atoms with van der Waals surface area (Å²) in [7, 11) is 0. The highest BCUT2D eigenvalue weighted by Gasteiger charge is 2.49. The largest absolute Gasteiger partial charge is 0.416 e. The number of rotatable bonds is 4. The zero-order valence-corrected chi connectivity index (χ0v) is 18.5. The second-order valence-corrected chi connectivity index (χ2v) is 9.05. The van der Waals surface area contributed by atoms with Crippen molar-refractivity contribution in [1.82, 2.24) is 4.90 Å². The highest BCUT2D eigenvalue weighted by Crippen LogP contribution is 2.43. The van der Waals surface area contributed by atoms with Gasteiger partial charge < -0.3 is 15.4 Å². The standard InChI is InChI=1S/C24H23F7N2O2/c1-12(14-6-15(23(26,27)28)8-16(7-14)24(29,30)31)35-20-11-33-19(9-18(32)10-21(33)34)22(20)13-2-4-17(25)5-3-13/h2-8,12,18-20,22H,9-11,32H2,1H3/t12-,18?,19?,20+,22?/m1/s1. The molecule has 2 N–H and O–H groups in total. The lowest BCUT2D eigenvalue weighted by molar-refractivity contribution is -0.143. The van der Waals surface area contributed by atoms with E-state index < -0.39 is 53.5 Å². The predicted molar refractivity (Wildman–Crippen MR) is 112 cm³/mol. The minimum absolute atomic E-state index is 0.0629. The van der Waals surface area contributed by atoms with E-state index in [2.05, 4.69) is 0 Å². The van der Waals surface area contributed by atoms with Gasteiger partial charge in [0.15, 0.2) is 0 Å². The van der Waals surface area contributed by atoms with Crippen LogP contribution in [0.3, 0.4) is 0 Å². The summed E-state index contributed by atoms with van der Waals surface area (Å²) in [6, 6.07) is 6.08. The number of halogens is 7. The fourth-order valence-corrected chi connectivity index (χ4v) is 4.98. The van der Waals surface area contributed by atoms with Crippen molar-refractivity contribution in [2.24, 2.45) is 5.73 Å². The molecular formula is C24H23F7N2O2. The Kier molecular flexibility index (Phi) is 6.60. The van der Waals surface area contributed by atoms with E-state index in [1.165, 1.54) is 31.2 Å². The molecule has 5 atom stereocenters. The van der Waals surface area contributed by atoms with Gasteiger partial charge >= 0.3 is 12.4 Å². The molecule has 2 heterocycles. The van der Waals surface area contributed by atoms with Crippen LogP contribution < -0.4 is 5.73 Å². The first kappa shape index (κ1) is 25.4. The Hall–Kier alpha value is -2.66. The van der Waals surface area contributed by atoms with Crippen LogP contribution in [-0.2, 0) is 21.9 Å². The molecule has 0 radical (unpaired) electrons. The summed E-state index contributed by atoms with van der Waals surface area (Å²) in [6.45, 7) is 1.45. The van der Waals surface area contributed by atoms with Gasteiger partial charge in [-0.3, -0.25) is 4.79 Å². The van der Waals surface area contributed by atoms with Crippen LogP contribution >= 0.6 is 0 Å². The molecule has 0 saturated carbocycles. The average Bonchev–Trinajstić information content (AvgIpc) is 3.11. The van der Waals surface area contributed by atoms with Crippen LogP contribution in [0.2, 0.25) is 0 Å². The van der Waals surface area contributed by atoms with Crippen molar-refractivity contribution in [3.63, 3.8) is 0 Å². The molecule has 11 heteroatoms. The molecule has 2 aliphatic rings. The van der Waals surface area contributed by atoms with Crippen LogP contribution in [0.1, 0.15) is 54.0 Å². The zero-order valence-electron chi connectivity index (χ0n) is 18.5. The predicted octanol–water partition coefficient (Wildman–Crippen LogP) is 5.43. The number of carbonyl (C=O) groups excluding carboxylic acids is 1. The lowest BCUT2D eigenvalue weighted by atomic mass is 9.84. The SMILES string of the molecule is C[C@@H](O[C@H]1CN2C(=O)CC(N)CC2C1c1ccc(F)cc1)c1cc(C(F)(F)F)cc(C(F)(F)F)c1. The number of benzene rings is 2. The first-order valence-electron chi connectivity index (χ1n) is 11.0. The van der Waals surface area contributed by atoms with Gasteiger partial charge in [-0.15, -0.1) is 0 Å². The van der Waals surface area contributed by atoms with Gasteiger partial charge in [-0.2, -0.15) is 26.3 Å². The van der Waals surface area contributed by atoms with Gasteiger partial charge in [0.1, 0.15) is 5.82 Å². The second-order valence-electron chi connectivity index (χ2n) is 9.05. The molecule has 0 aromatic heterocycles. The van der Waals surface area contributed by atoms with E-state index in [0.717, 1.165) is 0 Å². The van der Waals surface area contributed by atoms with Gasteiger partial charge in [-0.05, 0) is 54.8 Å². The number of ether oxygens (including phenoxy) is 1. The Morgan fingerprint density at radius 3 is 2.11 bits per heavy atom. The number of amides is 1. The maximum Gasteiger partial charge on any atom is 0.416 e. The highest BCUT2D eigenvalue weighted by molar-refractivity contribution is 5.79. The third-order valence-electron chi connectivity index (χ3n) is 6.61. The molecule has 2 fully saturated rings. The van der Waals surface area contributed by atoms with Crippen LogP contribution in [0.25, 0.3) is 0 Å². The molecule has 4 rings (SSSR count). The number of fused-ring (bicyclic) bond motifs is 1. The molecule has 3 unspecified atom stereocenters. The number of nitrogens with two attached hydrogens (primary N) is 1. The Balaban J connectivity index is 1.68. The third-order valence-corrected chi connectivity index (χ3v) is 6.61. The van der Waals surface area contributed by atoms with Crippen LogP contribution in [-0.4, -0.2) is 35.5 Å². The van der Waals surface area contributed by atoms with E-state index >= 15 is 0 Å². The van der Waals surface area contributed by atoms with E-state index in [1.54, 1.807) is 4.90 Å². The Labute approximate surface area is 196 Å². The van der Waals surface area contributed by atoms with Crippen LogP contribution in [0, 0.1) is 5.82 Å². The number of hydrogen-bond acceptors (Lipinski definition) is 3. The van der Waals surface area contributed by atoms with Crippen molar-refractivity contribution < 1.29 is 40.3 Å². The van der Waals surface area contributed by atoms with Crippen molar-refractivity contribution in [3.8, 4) is 0 Å². The molecule has 1 amide bonds. The Morgan fingerprint density at radius 2 is 1.57 bits per heavy atom. The molecule has 2 saturated heterocycles. The summed E-state index contributed by atoms with van der Waals surface area (Å²) in [5.74, 6) is -1.17. The number of alkyl halides is 6. The van der Waals surface area contributed by atoms with E-state index in [0.29, 0.717) is 24.1 Å². The lowest BCUT2D eigenvalue weighted by Gasteiger charge is -2.35. The molecule has 0 bridgehead atoms. The van der Waals surface area contributed by atoms with Crippen LogP contribution in [0.15, 0.2) is 42.5 Å². The fraction of sp³-hybridized carbons (Fsp3) is 0.458. The van der Waals surface area contributed by atoms with Gasteiger partial charge in [-0.1, -0.05) is 12.1 Å². The van der Waals surface area contributed by atoms with Crippen molar-refractivity contribution >= 4 is 5.91 Å². The van der Waals surface area contributed by atoms with Gasteiger partial charge in [0.25, 0.3) is 0 Å². The third kappa shape index (κ3) is 5.30. The van der Waals surface area contributed by atoms with Gasteiger partial charge in [0, 0.05) is 31.0 Å². The quantitative estimate of drug-likeness (QED) is 0.566. The summed E-state index contributed by atoms with van der Waals surface area (Å²) in [5, 5.41) is 0. The fourth-order valence-electron chi connectivity index (χ4n) is 4.98. The van der Waals surface area contributed by atoms with Crippen molar-refractivity contribution in [1.29, 1.82) is 0 Å². The number of piperidine rings is 1. The number of carbonyl (C=O) groups is 1.